The zero-order chi connectivity index (χ0) is 16.7. The predicted octanol–water partition coefficient (Wildman–Crippen LogP) is 2.20. The average molecular weight is 322 g/mol. The molecule has 1 aromatic heterocycles. The molecule has 124 valence electrons. The van der Waals surface area contributed by atoms with E-state index in [1.54, 1.807) is 6.33 Å². The highest BCUT2D eigenvalue weighted by molar-refractivity contribution is 5.99. The second-order valence-electron chi connectivity index (χ2n) is 6.78. The Morgan fingerprint density at radius 2 is 2.12 bits per heavy atom. The van der Waals surface area contributed by atoms with Crippen LogP contribution in [0.3, 0.4) is 0 Å². The molecule has 2 aromatic rings. The normalized spacial score (nSPS) is 21.2. The Morgan fingerprint density at radius 3 is 3.00 bits per heavy atom. The molecule has 0 saturated heterocycles. The van der Waals surface area contributed by atoms with Gasteiger partial charge in [-0.1, -0.05) is 18.2 Å². The first-order valence-corrected chi connectivity index (χ1v) is 8.58. The van der Waals surface area contributed by atoms with E-state index in [1.807, 2.05) is 30.2 Å². The van der Waals surface area contributed by atoms with Gasteiger partial charge in [-0.25, -0.2) is 9.97 Å². The molecule has 0 fully saturated rings. The van der Waals surface area contributed by atoms with Crippen LogP contribution in [0.5, 0.6) is 0 Å². The highest BCUT2D eigenvalue weighted by Crippen LogP contribution is 2.33. The van der Waals surface area contributed by atoms with Gasteiger partial charge in [-0.3, -0.25) is 9.69 Å². The first-order chi connectivity index (χ1) is 11.6. The number of rotatable bonds is 2. The van der Waals surface area contributed by atoms with E-state index in [2.05, 4.69) is 33.9 Å². The summed E-state index contributed by atoms with van der Waals surface area (Å²) in [5.74, 6) is 0.185. The molecule has 2 aliphatic rings. The molecular weight excluding hydrogens is 300 g/mol. The maximum Gasteiger partial charge on any atom is 0.244 e. The van der Waals surface area contributed by atoms with E-state index in [4.69, 9.17) is 0 Å². The van der Waals surface area contributed by atoms with Crippen LogP contribution >= 0.6 is 0 Å². The number of hydrogen-bond acceptors (Lipinski definition) is 4. The minimum Gasteiger partial charge on any atom is -0.308 e. The number of nitrogens with zero attached hydrogens (tertiary/aromatic N) is 4. The minimum atomic E-state index is -0.151. The second kappa shape index (κ2) is 5.98. The molecule has 0 aliphatic carbocycles. The van der Waals surface area contributed by atoms with Gasteiger partial charge in [0.1, 0.15) is 6.33 Å². The fourth-order valence-corrected chi connectivity index (χ4v) is 3.86. The van der Waals surface area contributed by atoms with Crippen molar-refractivity contribution in [2.75, 3.05) is 11.4 Å². The van der Waals surface area contributed by atoms with Crippen molar-refractivity contribution < 1.29 is 4.79 Å². The van der Waals surface area contributed by atoms with E-state index in [0.29, 0.717) is 6.54 Å². The van der Waals surface area contributed by atoms with Crippen molar-refractivity contribution in [1.82, 2.24) is 14.9 Å². The fraction of sp³-hybridized carbons (Fsp3) is 0.421. The van der Waals surface area contributed by atoms with Crippen LogP contribution in [0, 0.1) is 0 Å². The van der Waals surface area contributed by atoms with E-state index in [0.717, 1.165) is 30.8 Å². The number of fused-ring (bicyclic) bond motifs is 2. The Morgan fingerprint density at radius 1 is 1.29 bits per heavy atom. The van der Waals surface area contributed by atoms with Crippen molar-refractivity contribution in [2.24, 2.45) is 0 Å². The van der Waals surface area contributed by atoms with Gasteiger partial charge in [0.2, 0.25) is 5.91 Å². The molecule has 0 unspecified atom stereocenters. The number of benzene rings is 1. The number of amides is 1. The third-order valence-electron chi connectivity index (χ3n) is 5.25. The Bertz CT molecular complexity index is 775. The second-order valence-corrected chi connectivity index (χ2v) is 6.78. The molecule has 5 nitrogen and oxygen atoms in total. The summed E-state index contributed by atoms with van der Waals surface area (Å²) in [4.78, 5) is 25.9. The number of anilines is 1. The van der Waals surface area contributed by atoms with Gasteiger partial charge in [0.05, 0.1) is 11.7 Å². The van der Waals surface area contributed by atoms with Gasteiger partial charge in [-0.15, -0.1) is 0 Å². The van der Waals surface area contributed by atoms with Crippen molar-refractivity contribution in [2.45, 2.75) is 45.3 Å². The SMILES string of the molecule is C[C@@H](C(=O)N1c2ccccc2C[C@@H]1C)N1CCc2cncnc2C1. The number of aromatic nitrogens is 2. The third kappa shape index (κ3) is 2.49. The van der Waals surface area contributed by atoms with Crippen LogP contribution in [0.25, 0.3) is 0 Å². The lowest BCUT2D eigenvalue weighted by Crippen LogP contribution is -2.50. The van der Waals surface area contributed by atoms with Crippen LogP contribution in [0.4, 0.5) is 5.69 Å². The molecule has 2 aliphatic heterocycles. The Hall–Kier alpha value is -2.27. The van der Waals surface area contributed by atoms with Gasteiger partial charge in [0, 0.05) is 31.0 Å². The van der Waals surface area contributed by atoms with E-state index in [9.17, 15) is 4.79 Å². The van der Waals surface area contributed by atoms with E-state index in [-0.39, 0.29) is 18.0 Å². The number of carbonyl (C=O) groups is 1. The molecule has 2 atom stereocenters. The average Bonchev–Trinajstić information content (AvgIpc) is 2.95. The van der Waals surface area contributed by atoms with Crippen molar-refractivity contribution in [3.63, 3.8) is 0 Å². The Kier molecular flexibility index (Phi) is 3.81. The monoisotopic (exact) mass is 322 g/mol. The lowest BCUT2D eigenvalue weighted by Gasteiger charge is -2.35. The van der Waals surface area contributed by atoms with Crippen LogP contribution in [0.2, 0.25) is 0 Å². The van der Waals surface area contributed by atoms with Crippen molar-refractivity contribution in [1.29, 1.82) is 0 Å². The lowest BCUT2D eigenvalue weighted by molar-refractivity contribution is -0.123. The van der Waals surface area contributed by atoms with Gasteiger partial charge in [0.25, 0.3) is 0 Å². The predicted molar refractivity (Wildman–Crippen MR) is 92.7 cm³/mol. The minimum absolute atomic E-state index is 0.151. The summed E-state index contributed by atoms with van der Waals surface area (Å²) < 4.78 is 0. The molecule has 0 saturated carbocycles. The lowest BCUT2D eigenvalue weighted by atomic mass is 10.0. The van der Waals surface area contributed by atoms with Gasteiger partial charge in [0.15, 0.2) is 0 Å². The summed E-state index contributed by atoms with van der Waals surface area (Å²) in [7, 11) is 0. The molecule has 4 rings (SSSR count). The first-order valence-electron chi connectivity index (χ1n) is 8.58. The zero-order valence-corrected chi connectivity index (χ0v) is 14.1. The molecule has 0 spiro atoms. The van der Waals surface area contributed by atoms with E-state index < -0.39 is 0 Å². The highest BCUT2D eigenvalue weighted by Gasteiger charge is 2.36. The van der Waals surface area contributed by atoms with Crippen LogP contribution in [-0.2, 0) is 24.2 Å². The molecule has 0 bridgehead atoms. The Labute approximate surface area is 142 Å². The fourth-order valence-electron chi connectivity index (χ4n) is 3.86. The summed E-state index contributed by atoms with van der Waals surface area (Å²) in [6.07, 6.45) is 5.32. The topological polar surface area (TPSA) is 49.3 Å². The van der Waals surface area contributed by atoms with Gasteiger partial charge in [-0.05, 0) is 43.9 Å². The van der Waals surface area contributed by atoms with Crippen molar-refractivity contribution in [3.05, 3.63) is 53.6 Å². The standard InChI is InChI=1S/C19H22N4O/c1-13-9-15-5-3-4-6-18(15)23(13)19(24)14(2)22-8-7-16-10-20-12-21-17(16)11-22/h3-6,10,12-14H,7-9,11H2,1-2H3/t13-,14-/m0/s1. The maximum atomic E-state index is 13.2. The Balaban J connectivity index is 1.55. The first kappa shape index (κ1) is 15.3. The summed E-state index contributed by atoms with van der Waals surface area (Å²) >= 11 is 0. The smallest absolute Gasteiger partial charge is 0.244 e. The molecular formula is C19H22N4O. The summed E-state index contributed by atoms with van der Waals surface area (Å²) in [5, 5.41) is 0. The summed E-state index contributed by atoms with van der Waals surface area (Å²) in [6.45, 7) is 5.73. The highest BCUT2D eigenvalue weighted by atomic mass is 16.2. The molecule has 1 aromatic carbocycles. The van der Waals surface area contributed by atoms with Gasteiger partial charge < -0.3 is 4.90 Å². The van der Waals surface area contributed by atoms with Gasteiger partial charge in [-0.2, -0.15) is 0 Å². The molecule has 0 radical (unpaired) electrons. The van der Waals surface area contributed by atoms with Gasteiger partial charge >= 0.3 is 0 Å². The quantitative estimate of drug-likeness (QED) is 0.850. The van der Waals surface area contributed by atoms with Crippen molar-refractivity contribution in [3.8, 4) is 0 Å². The summed E-state index contributed by atoms with van der Waals surface area (Å²) in [6, 6.07) is 8.30. The van der Waals surface area contributed by atoms with Crippen LogP contribution in [0.15, 0.2) is 36.8 Å². The molecule has 1 amide bonds. The molecule has 0 N–H and O–H groups in total. The van der Waals surface area contributed by atoms with Crippen LogP contribution in [-0.4, -0.2) is 39.4 Å². The number of hydrogen-bond donors (Lipinski definition) is 0. The zero-order valence-electron chi connectivity index (χ0n) is 14.1. The number of carbonyl (C=O) groups excluding carboxylic acids is 1. The third-order valence-corrected chi connectivity index (χ3v) is 5.25. The largest absolute Gasteiger partial charge is 0.308 e. The molecule has 5 heteroatoms. The van der Waals surface area contributed by atoms with Crippen molar-refractivity contribution >= 4 is 11.6 Å². The summed E-state index contributed by atoms with van der Waals surface area (Å²) in [5.41, 5.74) is 4.59. The maximum absolute atomic E-state index is 13.2. The van der Waals surface area contributed by atoms with Crippen LogP contribution in [0.1, 0.15) is 30.7 Å². The molecule has 24 heavy (non-hydrogen) atoms. The van der Waals surface area contributed by atoms with E-state index in [1.165, 1.54) is 11.1 Å². The van der Waals surface area contributed by atoms with Crippen LogP contribution < -0.4 is 4.90 Å². The van der Waals surface area contributed by atoms with E-state index >= 15 is 0 Å². The molecule has 3 heterocycles. The number of para-hydroxylation sites is 1.